The van der Waals surface area contributed by atoms with E-state index < -0.39 is 6.04 Å². The number of carbonyl (C=O) groups is 2. The summed E-state index contributed by atoms with van der Waals surface area (Å²) in [5, 5.41) is 16.5. The van der Waals surface area contributed by atoms with Crippen LogP contribution in [0.2, 0.25) is 0 Å². The lowest BCUT2D eigenvalue weighted by molar-refractivity contribution is -0.142. The van der Waals surface area contributed by atoms with Crippen molar-refractivity contribution < 1.29 is 9.59 Å². The van der Waals surface area contributed by atoms with Crippen molar-refractivity contribution in [3.63, 3.8) is 0 Å². The van der Waals surface area contributed by atoms with E-state index in [0.717, 1.165) is 0 Å². The van der Waals surface area contributed by atoms with Gasteiger partial charge in [-0.25, -0.2) is 4.68 Å². The highest BCUT2D eigenvalue weighted by Crippen LogP contribution is 2.05. The van der Waals surface area contributed by atoms with Crippen molar-refractivity contribution >= 4 is 11.8 Å². The van der Waals surface area contributed by atoms with Gasteiger partial charge in [-0.05, 0) is 17.4 Å². The Hall–Kier alpha value is -2.03. The topological polar surface area (TPSA) is 105 Å². The van der Waals surface area contributed by atoms with E-state index >= 15 is 0 Å². The zero-order chi connectivity index (χ0) is 13.7. The predicted molar refractivity (Wildman–Crippen MR) is 64.9 cm³/mol. The minimum atomic E-state index is -0.474. The Morgan fingerprint density at radius 3 is 3.05 bits per heavy atom. The van der Waals surface area contributed by atoms with Gasteiger partial charge in [0.15, 0.2) is 0 Å². The quantitative estimate of drug-likeness (QED) is 0.630. The highest BCUT2D eigenvalue weighted by Gasteiger charge is 2.31. The molecule has 0 spiro atoms. The van der Waals surface area contributed by atoms with Crippen LogP contribution in [0.25, 0.3) is 0 Å². The number of tetrazole rings is 1. The van der Waals surface area contributed by atoms with Crippen molar-refractivity contribution in [1.29, 1.82) is 0 Å². The molecule has 1 saturated heterocycles. The average molecular weight is 267 g/mol. The molecule has 2 N–H and O–H groups in total. The largest absolute Gasteiger partial charge is 0.355 e. The van der Waals surface area contributed by atoms with Crippen molar-refractivity contribution in [2.45, 2.75) is 19.5 Å². The summed E-state index contributed by atoms with van der Waals surface area (Å²) in [4.78, 5) is 25.7. The molecule has 0 bridgehead atoms. The molecule has 19 heavy (non-hydrogen) atoms. The molecule has 0 aliphatic carbocycles. The summed E-state index contributed by atoms with van der Waals surface area (Å²) >= 11 is 0. The van der Waals surface area contributed by atoms with Gasteiger partial charge in [0.1, 0.15) is 18.9 Å². The second-order valence-corrected chi connectivity index (χ2v) is 4.21. The number of rotatable bonds is 4. The molecule has 1 aromatic heterocycles. The van der Waals surface area contributed by atoms with Crippen LogP contribution in [-0.2, 0) is 16.1 Å². The van der Waals surface area contributed by atoms with Crippen LogP contribution >= 0.6 is 0 Å². The Balaban J connectivity index is 2.02. The van der Waals surface area contributed by atoms with Gasteiger partial charge < -0.3 is 15.5 Å². The molecule has 2 amide bonds. The third-order valence-electron chi connectivity index (χ3n) is 2.91. The first-order chi connectivity index (χ1) is 9.22. The van der Waals surface area contributed by atoms with Gasteiger partial charge in [0.2, 0.25) is 11.8 Å². The molecule has 1 aromatic rings. The van der Waals surface area contributed by atoms with E-state index in [0.29, 0.717) is 26.2 Å². The molecule has 1 fully saturated rings. The van der Waals surface area contributed by atoms with Crippen LogP contribution in [0, 0.1) is 0 Å². The first kappa shape index (κ1) is 13.4. The van der Waals surface area contributed by atoms with E-state index in [9.17, 15) is 9.59 Å². The molecule has 1 atom stereocenters. The summed E-state index contributed by atoms with van der Waals surface area (Å²) < 4.78 is 1.35. The molecular formula is C10H17N7O2. The predicted octanol–water partition coefficient (Wildman–Crippen LogP) is -2.39. The number of nitrogens with one attached hydrogen (secondary N) is 2. The van der Waals surface area contributed by atoms with Gasteiger partial charge in [-0.15, -0.1) is 5.10 Å². The van der Waals surface area contributed by atoms with Crippen molar-refractivity contribution in [2.24, 2.45) is 0 Å². The zero-order valence-electron chi connectivity index (χ0n) is 10.7. The number of nitrogens with zero attached hydrogens (tertiary/aromatic N) is 5. The molecule has 0 saturated carbocycles. The van der Waals surface area contributed by atoms with Crippen LogP contribution in [0.3, 0.4) is 0 Å². The van der Waals surface area contributed by atoms with E-state index in [1.54, 1.807) is 4.90 Å². The second kappa shape index (κ2) is 6.23. The molecule has 2 rings (SSSR count). The number of hydrogen-bond acceptors (Lipinski definition) is 6. The lowest BCUT2D eigenvalue weighted by Gasteiger charge is -2.35. The van der Waals surface area contributed by atoms with Gasteiger partial charge >= 0.3 is 0 Å². The van der Waals surface area contributed by atoms with Gasteiger partial charge in [0.25, 0.3) is 0 Å². The van der Waals surface area contributed by atoms with E-state index in [1.165, 1.54) is 11.0 Å². The molecule has 2 heterocycles. The van der Waals surface area contributed by atoms with Crippen LogP contribution in [0.4, 0.5) is 0 Å². The molecule has 0 radical (unpaired) electrons. The van der Waals surface area contributed by atoms with E-state index in [1.807, 2.05) is 6.92 Å². The Labute approximate surface area is 110 Å². The molecule has 1 aliphatic heterocycles. The van der Waals surface area contributed by atoms with Crippen molar-refractivity contribution in [3.05, 3.63) is 6.33 Å². The van der Waals surface area contributed by atoms with Crippen molar-refractivity contribution in [1.82, 2.24) is 35.7 Å². The monoisotopic (exact) mass is 267 g/mol. The Morgan fingerprint density at radius 1 is 1.53 bits per heavy atom. The summed E-state index contributed by atoms with van der Waals surface area (Å²) in [6.45, 7) is 4.09. The fourth-order valence-corrected chi connectivity index (χ4v) is 2.01. The maximum atomic E-state index is 12.2. The maximum absolute atomic E-state index is 12.2. The molecule has 0 aromatic carbocycles. The minimum absolute atomic E-state index is 0.0445. The van der Waals surface area contributed by atoms with Crippen LogP contribution in [0.15, 0.2) is 6.33 Å². The first-order valence-electron chi connectivity index (χ1n) is 6.21. The Bertz CT molecular complexity index is 433. The molecule has 1 aliphatic rings. The smallest absolute Gasteiger partial charge is 0.245 e. The molecule has 1 unspecified atom stereocenters. The van der Waals surface area contributed by atoms with E-state index in [4.69, 9.17) is 0 Å². The number of piperazine rings is 1. The summed E-state index contributed by atoms with van der Waals surface area (Å²) in [6, 6.07) is -0.474. The highest BCUT2D eigenvalue weighted by atomic mass is 16.2. The van der Waals surface area contributed by atoms with Gasteiger partial charge in [0.05, 0.1) is 0 Å². The van der Waals surface area contributed by atoms with Crippen LogP contribution < -0.4 is 10.6 Å². The fraction of sp³-hybridized carbons (Fsp3) is 0.700. The van der Waals surface area contributed by atoms with Crippen molar-refractivity contribution in [2.75, 3.05) is 26.2 Å². The summed E-state index contributed by atoms with van der Waals surface area (Å²) in [7, 11) is 0. The fourth-order valence-electron chi connectivity index (χ4n) is 2.01. The summed E-state index contributed by atoms with van der Waals surface area (Å²) in [6.07, 6.45) is 1.38. The number of hydrogen-bond donors (Lipinski definition) is 2. The van der Waals surface area contributed by atoms with Crippen molar-refractivity contribution in [3.8, 4) is 0 Å². The van der Waals surface area contributed by atoms with E-state index in [-0.39, 0.29) is 18.4 Å². The zero-order valence-corrected chi connectivity index (χ0v) is 10.7. The SMILES string of the molecule is CCNC(=O)C1CNCCN1C(=O)Cn1cnnn1. The average Bonchev–Trinajstić information content (AvgIpc) is 2.92. The summed E-state index contributed by atoms with van der Waals surface area (Å²) in [5.41, 5.74) is 0. The van der Waals surface area contributed by atoms with Gasteiger partial charge in [-0.2, -0.15) is 0 Å². The second-order valence-electron chi connectivity index (χ2n) is 4.21. The van der Waals surface area contributed by atoms with Gasteiger partial charge in [-0.3, -0.25) is 9.59 Å². The van der Waals surface area contributed by atoms with Gasteiger partial charge in [-0.1, -0.05) is 0 Å². The molecule has 9 heteroatoms. The molecule has 104 valence electrons. The van der Waals surface area contributed by atoms with Crippen LogP contribution in [0.1, 0.15) is 6.92 Å². The minimum Gasteiger partial charge on any atom is -0.355 e. The highest BCUT2D eigenvalue weighted by molar-refractivity contribution is 5.88. The number of amides is 2. The lowest BCUT2D eigenvalue weighted by Crippen LogP contribution is -2.60. The third kappa shape index (κ3) is 3.25. The summed E-state index contributed by atoms with van der Waals surface area (Å²) in [5.74, 6) is -0.301. The normalized spacial score (nSPS) is 19.2. The maximum Gasteiger partial charge on any atom is 0.245 e. The van der Waals surface area contributed by atoms with E-state index in [2.05, 4.69) is 26.2 Å². The van der Waals surface area contributed by atoms with Crippen LogP contribution in [0.5, 0.6) is 0 Å². The first-order valence-corrected chi connectivity index (χ1v) is 6.21. The number of likely N-dealkylation sites (N-methyl/N-ethyl adjacent to an activating group) is 1. The third-order valence-corrected chi connectivity index (χ3v) is 2.91. The lowest BCUT2D eigenvalue weighted by atomic mass is 10.1. The number of carbonyl (C=O) groups excluding carboxylic acids is 2. The van der Waals surface area contributed by atoms with Gasteiger partial charge in [0, 0.05) is 26.2 Å². The van der Waals surface area contributed by atoms with Crippen LogP contribution in [-0.4, -0.2) is 69.1 Å². The Kier molecular flexibility index (Phi) is 4.39. The Morgan fingerprint density at radius 2 is 2.37 bits per heavy atom. The number of aromatic nitrogens is 4. The standard InChI is InChI=1S/C10H17N7O2/c1-2-12-10(19)8-5-11-3-4-17(8)9(18)6-16-7-13-14-15-16/h7-8,11H,2-6H2,1H3,(H,12,19). The molecule has 9 nitrogen and oxygen atoms in total. The molecular weight excluding hydrogens is 250 g/mol.